The van der Waals surface area contributed by atoms with E-state index in [1.54, 1.807) is 7.05 Å². The first-order valence-electron chi connectivity index (χ1n) is 3.81. The second-order valence-electron chi connectivity index (χ2n) is 2.40. The highest BCUT2D eigenvalue weighted by Gasteiger charge is 2.06. The number of carbonyl (C=O) groups excluding carboxylic acids is 1. The van der Waals surface area contributed by atoms with Crippen LogP contribution in [0.2, 0.25) is 0 Å². The second kappa shape index (κ2) is 4.51. The SMILES string of the molecule is CNCC(=O)c1cnc(OC)cn1. The van der Waals surface area contributed by atoms with Crippen LogP contribution in [-0.4, -0.2) is 36.5 Å². The van der Waals surface area contributed by atoms with Gasteiger partial charge in [0.1, 0.15) is 5.69 Å². The minimum absolute atomic E-state index is 0.0855. The number of hydrogen-bond donors (Lipinski definition) is 1. The van der Waals surface area contributed by atoms with Gasteiger partial charge in [-0.25, -0.2) is 9.97 Å². The zero-order valence-corrected chi connectivity index (χ0v) is 7.57. The maximum Gasteiger partial charge on any atom is 0.232 e. The van der Waals surface area contributed by atoms with Gasteiger partial charge in [-0.3, -0.25) is 4.79 Å². The van der Waals surface area contributed by atoms with Crippen molar-refractivity contribution < 1.29 is 9.53 Å². The normalized spacial score (nSPS) is 9.69. The molecular weight excluding hydrogens is 170 g/mol. The fourth-order valence-electron chi connectivity index (χ4n) is 0.817. The Hall–Kier alpha value is -1.49. The zero-order chi connectivity index (χ0) is 9.68. The first kappa shape index (κ1) is 9.60. The van der Waals surface area contributed by atoms with Gasteiger partial charge in [0.15, 0.2) is 5.78 Å². The maximum atomic E-state index is 11.2. The van der Waals surface area contributed by atoms with E-state index in [0.717, 1.165) is 0 Å². The van der Waals surface area contributed by atoms with Gasteiger partial charge in [0.05, 0.1) is 26.0 Å². The van der Waals surface area contributed by atoms with Crippen molar-refractivity contribution in [2.45, 2.75) is 0 Å². The highest BCUT2D eigenvalue weighted by Crippen LogP contribution is 2.02. The number of Topliss-reactive ketones (excluding diaryl/α,β-unsaturated/α-hetero) is 1. The van der Waals surface area contributed by atoms with Crippen LogP contribution >= 0.6 is 0 Å². The van der Waals surface area contributed by atoms with Crippen LogP contribution in [0.4, 0.5) is 0 Å². The molecule has 0 aliphatic heterocycles. The Morgan fingerprint density at radius 2 is 2.31 bits per heavy atom. The van der Waals surface area contributed by atoms with Crippen molar-refractivity contribution in [3.05, 3.63) is 18.1 Å². The standard InChI is InChI=1S/C8H11N3O2/c1-9-4-7(12)6-3-11-8(13-2)5-10-6/h3,5,9H,4H2,1-2H3. The predicted molar refractivity (Wildman–Crippen MR) is 46.8 cm³/mol. The van der Waals surface area contributed by atoms with Gasteiger partial charge in [-0.15, -0.1) is 0 Å². The van der Waals surface area contributed by atoms with Gasteiger partial charge in [0, 0.05) is 0 Å². The molecule has 5 heteroatoms. The lowest BCUT2D eigenvalue weighted by molar-refractivity contribution is 0.0988. The highest BCUT2D eigenvalue weighted by atomic mass is 16.5. The van der Waals surface area contributed by atoms with Crippen molar-refractivity contribution in [3.8, 4) is 5.88 Å². The van der Waals surface area contributed by atoms with E-state index in [0.29, 0.717) is 11.6 Å². The van der Waals surface area contributed by atoms with E-state index < -0.39 is 0 Å². The molecular formula is C8H11N3O2. The van der Waals surface area contributed by atoms with Gasteiger partial charge in [-0.1, -0.05) is 0 Å². The van der Waals surface area contributed by atoms with E-state index in [2.05, 4.69) is 15.3 Å². The monoisotopic (exact) mass is 181 g/mol. The number of nitrogens with zero attached hydrogens (tertiary/aromatic N) is 2. The largest absolute Gasteiger partial charge is 0.480 e. The van der Waals surface area contributed by atoms with Gasteiger partial charge in [-0.2, -0.15) is 0 Å². The lowest BCUT2D eigenvalue weighted by atomic mass is 10.3. The summed E-state index contributed by atoms with van der Waals surface area (Å²) < 4.78 is 4.81. The molecule has 0 atom stereocenters. The number of aromatic nitrogens is 2. The number of likely N-dealkylation sites (N-methyl/N-ethyl adjacent to an activating group) is 1. The van der Waals surface area contributed by atoms with Gasteiger partial charge < -0.3 is 10.1 Å². The van der Waals surface area contributed by atoms with Crippen LogP contribution in [0.15, 0.2) is 12.4 Å². The zero-order valence-electron chi connectivity index (χ0n) is 7.57. The molecule has 0 saturated heterocycles. The smallest absolute Gasteiger partial charge is 0.232 e. The van der Waals surface area contributed by atoms with E-state index in [-0.39, 0.29) is 12.3 Å². The van der Waals surface area contributed by atoms with Crippen LogP contribution in [0, 0.1) is 0 Å². The molecule has 0 amide bonds. The molecule has 5 nitrogen and oxygen atoms in total. The maximum absolute atomic E-state index is 11.2. The number of hydrogen-bond acceptors (Lipinski definition) is 5. The van der Waals surface area contributed by atoms with E-state index in [9.17, 15) is 4.79 Å². The number of methoxy groups -OCH3 is 1. The number of ether oxygens (including phenoxy) is 1. The molecule has 0 unspecified atom stereocenters. The van der Waals surface area contributed by atoms with E-state index in [1.807, 2.05) is 0 Å². The van der Waals surface area contributed by atoms with Crippen molar-refractivity contribution in [1.82, 2.24) is 15.3 Å². The van der Waals surface area contributed by atoms with E-state index in [1.165, 1.54) is 19.5 Å². The Morgan fingerprint density at radius 3 is 2.77 bits per heavy atom. The molecule has 13 heavy (non-hydrogen) atoms. The number of rotatable bonds is 4. The van der Waals surface area contributed by atoms with Crippen molar-refractivity contribution in [2.75, 3.05) is 20.7 Å². The van der Waals surface area contributed by atoms with Crippen LogP contribution in [0.5, 0.6) is 5.88 Å². The summed E-state index contributed by atoms with van der Waals surface area (Å²) in [5.74, 6) is 0.318. The molecule has 0 bridgehead atoms. The molecule has 0 radical (unpaired) electrons. The van der Waals surface area contributed by atoms with Gasteiger partial charge in [0.2, 0.25) is 5.88 Å². The second-order valence-corrected chi connectivity index (χ2v) is 2.40. The third-order valence-electron chi connectivity index (χ3n) is 1.46. The lowest BCUT2D eigenvalue weighted by Gasteiger charge is -1.99. The molecule has 0 fully saturated rings. The van der Waals surface area contributed by atoms with Crippen LogP contribution in [0.25, 0.3) is 0 Å². The summed E-state index contributed by atoms with van der Waals surface area (Å²) >= 11 is 0. The van der Waals surface area contributed by atoms with Gasteiger partial charge in [-0.05, 0) is 7.05 Å². The van der Waals surface area contributed by atoms with Crippen LogP contribution in [0.1, 0.15) is 10.5 Å². The summed E-state index contributed by atoms with van der Waals surface area (Å²) in [5, 5.41) is 2.75. The summed E-state index contributed by atoms with van der Waals surface area (Å²) in [7, 11) is 3.20. The average molecular weight is 181 g/mol. The Morgan fingerprint density at radius 1 is 1.54 bits per heavy atom. The Labute approximate surface area is 76.2 Å². The molecule has 70 valence electrons. The minimum Gasteiger partial charge on any atom is -0.480 e. The molecule has 0 aliphatic carbocycles. The van der Waals surface area contributed by atoms with E-state index >= 15 is 0 Å². The minimum atomic E-state index is -0.0855. The molecule has 1 rings (SSSR count). The summed E-state index contributed by atoms with van der Waals surface area (Å²) in [6, 6.07) is 0. The summed E-state index contributed by atoms with van der Waals surface area (Å²) in [6.07, 6.45) is 2.82. The highest BCUT2D eigenvalue weighted by molar-refractivity contribution is 5.95. The number of ketones is 1. The molecule has 0 spiro atoms. The Kier molecular flexibility index (Phi) is 3.33. The number of nitrogens with one attached hydrogen (secondary N) is 1. The van der Waals surface area contributed by atoms with Crippen LogP contribution in [0.3, 0.4) is 0 Å². The van der Waals surface area contributed by atoms with Crippen LogP contribution < -0.4 is 10.1 Å². The molecule has 1 N–H and O–H groups in total. The average Bonchev–Trinajstić information content (AvgIpc) is 2.18. The van der Waals surface area contributed by atoms with Crippen molar-refractivity contribution >= 4 is 5.78 Å². The molecule has 0 aliphatic rings. The van der Waals surface area contributed by atoms with Crippen LogP contribution in [-0.2, 0) is 0 Å². The van der Waals surface area contributed by atoms with Gasteiger partial charge >= 0.3 is 0 Å². The van der Waals surface area contributed by atoms with Crippen molar-refractivity contribution in [2.24, 2.45) is 0 Å². The first-order valence-corrected chi connectivity index (χ1v) is 3.81. The third kappa shape index (κ3) is 2.48. The lowest BCUT2D eigenvalue weighted by Crippen LogP contribution is -2.19. The topological polar surface area (TPSA) is 64.1 Å². The summed E-state index contributed by atoms with van der Waals surface area (Å²) in [5.41, 5.74) is 0.343. The molecule has 1 aromatic rings. The third-order valence-corrected chi connectivity index (χ3v) is 1.46. The fourth-order valence-corrected chi connectivity index (χ4v) is 0.817. The van der Waals surface area contributed by atoms with Crippen molar-refractivity contribution in [1.29, 1.82) is 0 Å². The molecule has 1 heterocycles. The number of carbonyl (C=O) groups is 1. The first-order chi connectivity index (χ1) is 6.27. The Bertz CT molecular complexity index is 284. The van der Waals surface area contributed by atoms with Gasteiger partial charge in [0.25, 0.3) is 0 Å². The van der Waals surface area contributed by atoms with E-state index in [4.69, 9.17) is 4.74 Å². The van der Waals surface area contributed by atoms with Crippen molar-refractivity contribution in [3.63, 3.8) is 0 Å². The molecule has 0 saturated carbocycles. The predicted octanol–water partition coefficient (Wildman–Crippen LogP) is -0.113. The molecule has 1 aromatic heterocycles. The quantitative estimate of drug-likeness (QED) is 0.656. The fraction of sp³-hybridized carbons (Fsp3) is 0.375. The summed E-state index contributed by atoms with van der Waals surface area (Å²) in [4.78, 5) is 19.0. The molecule has 0 aromatic carbocycles. The Balaban J connectivity index is 2.74. The summed E-state index contributed by atoms with van der Waals surface area (Å²) in [6.45, 7) is 0.265.